The number of amides is 1. The van der Waals surface area contributed by atoms with Crippen molar-refractivity contribution >= 4 is 29.1 Å². The van der Waals surface area contributed by atoms with Crippen LogP contribution in [0.2, 0.25) is 10.0 Å². The molecule has 0 radical (unpaired) electrons. The molecule has 2 heterocycles. The van der Waals surface area contributed by atoms with Gasteiger partial charge >= 0.3 is 0 Å². The molecule has 2 fully saturated rings. The highest BCUT2D eigenvalue weighted by Crippen LogP contribution is 2.60. The Hall–Kier alpha value is -2.37. The smallest absolute Gasteiger partial charge is 0.247 e. The Kier molecular flexibility index (Phi) is 6.43. The first-order chi connectivity index (χ1) is 16.7. The lowest BCUT2D eigenvalue weighted by atomic mass is 9.54. The van der Waals surface area contributed by atoms with E-state index in [9.17, 15) is 4.79 Å². The molecule has 0 unspecified atom stereocenters. The van der Waals surface area contributed by atoms with E-state index in [1.165, 1.54) is 5.56 Å². The van der Waals surface area contributed by atoms with Gasteiger partial charge in [-0.15, -0.1) is 10.2 Å². The monoisotopic (exact) mass is 511 g/mol. The highest BCUT2D eigenvalue weighted by molar-refractivity contribution is 6.31. The fraction of sp³-hybridized carbons (Fsp3) is 0.464. The number of nitrogens with zero attached hydrogens (tertiary/aromatic N) is 2. The van der Waals surface area contributed by atoms with Crippen LogP contribution in [-0.4, -0.2) is 22.1 Å². The summed E-state index contributed by atoms with van der Waals surface area (Å²) in [4.78, 5) is 13.2. The van der Waals surface area contributed by atoms with Crippen molar-refractivity contribution in [3.05, 3.63) is 69.5 Å². The zero-order valence-corrected chi connectivity index (χ0v) is 22.0. The molecule has 1 saturated heterocycles. The number of halogens is 2. The molecule has 1 aromatic heterocycles. The van der Waals surface area contributed by atoms with Gasteiger partial charge in [-0.1, -0.05) is 62.2 Å². The lowest BCUT2D eigenvalue weighted by Crippen LogP contribution is -2.43. The van der Waals surface area contributed by atoms with E-state index < -0.39 is 0 Å². The summed E-state index contributed by atoms with van der Waals surface area (Å²) in [7, 11) is 0. The topological polar surface area (TPSA) is 68.0 Å². The first-order valence-electron chi connectivity index (χ1n) is 12.4. The zero-order valence-electron chi connectivity index (χ0n) is 20.5. The number of benzene rings is 2. The molecule has 1 N–H and O–H groups in total. The molecule has 7 heteroatoms. The molecule has 1 aliphatic heterocycles. The quantitative estimate of drug-likeness (QED) is 0.388. The summed E-state index contributed by atoms with van der Waals surface area (Å²) in [5.74, 6) is 1.91. The van der Waals surface area contributed by atoms with Crippen LogP contribution in [0.25, 0.3) is 11.5 Å². The van der Waals surface area contributed by atoms with Crippen LogP contribution in [-0.2, 0) is 4.79 Å². The number of rotatable bonds is 5. The normalized spacial score (nSPS) is 28.3. The van der Waals surface area contributed by atoms with Crippen LogP contribution in [0.4, 0.5) is 0 Å². The molecular formula is C28H31Cl2N3O2. The molecule has 0 spiro atoms. The third kappa shape index (κ3) is 4.07. The van der Waals surface area contributed by atoms with Gasteiger partial charge in [-0.05, 0) is 73.4 Å². The molecule has 184 valence electrons. The van der Waals surface area contributed by atoms with Gasteiger partial charge in [-0.25, -0.2) is 0 Å². The molecule has 3 aromatic rings. The van der Waals surface area contributed by atoms with Gasteiger partial charge in [0, 0.05) is 33.5 Å². The fourth-order valence-corrected chi connectivity index (χ4v) is 6.89. The molecule has 5 atom stereocenters. The number of nitrogens with one attached hydrogen (secondary N) is 1. The first-order valence-corrected chi connectivity index (χ1v) is 13.2. The average Bonchev–Trinajstić information content (AvgIpc) is 3.43. The van der Waals surface area contributed by atoms with E-state index in [2.05, 4.69) is 47.6 Å². The predicted molar refractivity (Wildman–Crippen MR) is 139 cm³/mol. The average molecular weight is 512 g/mol. The summed E-state index contributed by atoms with van der Waals surface area (Å²) in [6, 6.07) is 14.2. The van der Waals surface area contributed by atoms with Crippen LogP contribution >= 0.6 is 23.2 Å². The van der Waals surface area contributed by atoms with E-state index in [0.29, 0.717) is 21.8 Å². The minimum absolute atomic E-state index is 0.0804. The lowest BCUT2D eigenvalue weighted by molar-refractivity contribution is -0.131. The van der Waals surface area contributed by atoms with E-state index in [1.54, 1.807) is 0 Å². The Balaban J connectivity index is 1.57. The van der Waals surface area contributed by atoms with E-state index in [0.717, 1.165) is 30.4 Å². The second-order valence-corrected chi connectivity index (χ2v) is 11.2. The number of carbonyl (C=O) groups is 1. The third-order valence-electron chi connectivity index (χ3n) is 8.18. The summed E-state index contributed by atoms with van der Waals surface area (Å²) in [5, 5.41) is 13.0. The zero-order chi connectivity index (χ0) is 24.9. The fourth-order valence-electron chi connectivity index (χ4n) is 6.44. The van der Waals surface area contributed by atoms with Crippen LogP contribution in [0, 0.1) is 11.3 Å². The van der Waals surface area contributed by atoms with Crippen LogP contribution in [0.1, 0.15) is 81.7 Å². The Bertz CT molecular complexity index is 1240. The van der Waals surface area contributed by atoms with Crippen molar-refractivity contribution in [2.24, 2.45) is 11.3 Å². The van der Waals surface area contributed by atoms with Crippen LogP contribution < -0.4 is 5.32 Å². The van der Waals surface area contributed by atoms with Crippen molar-refractivity contribution in [1.29, 1.82) is 0 Å². The van der Waals surface area contributed by atoms with E-state index in [1.807, 2.05) is 38.1 Å². The maximum absolute atomic E-state index is 13.2. The summed E-state index contributed by atoms with van der Waals surface area (Å²) >= 11 is 13.2. The van der Waals surface area contributed by atoms with Crippen molar-refractivity contribution in [3.8, 4) is 11.5 Å². The lowest BCUT2D eigenvalue weighted by Gasteiger charge is -2.47. The molecular weight excluding hydrogens is 481 g/mol. The summed E-state index contributed by atoms with van der Waals surface area (Å²) in [5.41, 5.74) is 2.74. The summed E-state index contributed by atoms with van der Waals surface area (Å²) < 4.78 is 5.84. The number of hydrogen-bond donors (Lipinski definition) is 1. The minimum atomic E-state index is -0.357. The molecule has 0 bridgehead atoms. The molecule has 1 aliphatic carbocycles. The minimum Gasteiger partial charge on any atom is -0.420 e. The number of carbonyl (C=O) groups excluding carboxylic acids is 1. The van der Waals surface area contributed by atoms with Crippen LogP contribution in [0.15, 0.2) is 46.9 Å². The summed E-state index contributed by atoms with van der Waals surface area (Å²) in [6.45, 7) is 8.32. The van der Waals surface area contributed by atoms with Gasteiger partial charge in [0.1, 0.15) is 0 Å². The predicted octanol–water partition coefficient (Wildman–Crippen LogP) is 7.36. The highest BCUT2D eigenvalue weighted by atomic mass is 35.5. The first kappa shape index (κ1) is 24.3. The molecule has 35 heavy (non-hydrogen) atoms. The molecule has 2 aromatic carbocycles. The van der Waals surface area contributed by atoms with Gasteiger partial charge in [0.15, 0.2) is 0 Å². The SMILES string of the molecule is CC[C@@]12CC[C@@H](c3ccc(-c4nnc(C(C)C)o4)cc3Cl)[C@H](c3ccc(Cl)cc3)[C@@H]1[C@@H](C)NC2=O. The number of aromatic nitrogens is 2. The van der Waals surface area contributed by atoms with Crippen molar-refractivity contribution < 1.29 is 9.21 Å². The second kappa shape index (κ2) is 9.25. The highest BCUT2D eigenvalue weighted by Gasteiger charge is 2.59. The molecule has 5 rings (SSSR count). The molecule has 1 amide bonds. The third-order valence-corrected chi connectivity index (χ3v) is 8.76. The van der Waals surface area contributed by atoms with E-state index in [-0.39, 0.29) is 41.0 Å². The maximum Gasteiger partial charge on any atom is 0.247 e. The standard InChI is InChI=1S/C28H31Cl2N3O2/c1-5-28-13-12-21(20-11-8-18(14-22(20)30)26-33-32-25(35-26)15(2)3)23(17-6-9-19(29)10-7-17)24(28)16(4)31-27(28)34/h6-11,14-16,21,23-24H,5,12-13H2,1-4H3,(H,31,34)/t16-,21+,23+,24+,28-/m1/s1. The molecule has 5 nitrogen and oxygen atoms in total. The Morgan fingerprint density at radius 1 is 1.14 bits per heavy atom. The van der Waals surface area contributed by atoms with Gasteiger partial charge in [0.05, 0.1) is 5.41 Å². The van der Waals surface area contributed by atoms with Gasteiger partial charge in [0.2, 0.25) is 17.7 Å². The van der Waals surface area contributed by atoms with Crippen LogP contribution in [0.5, 0.6) is 0 Å². The van der Waals surface area contributed by atoms with E-state index in [4.69, 9.17) is 27.6 Å². The second-order valence-electron chi connectivity index (χ2n) is 10.4. The Morgan fingerprint density at radius 3 is 2.51 bits per heavy atom. The maximum atomic E-state index is 13.2. The van der Waals surface area contributed by atoms with Gasteiger partial charge in [-0.2, -0.15) is 0 Å². The van der Waals surface area contributed by atoms with Gasteiger partial charge < -0.3 is 9.73 Å². The van der Waals surface area contributed by atoms with Crippen molar-refractivity contribution in [1.82, 2.24) is 15.5 Å². The Labute approximate surface area is 216 Å². The van der Waals surface area contributed by atoms with Gasteiger partial charge in [0.25, 0.3) is 0 Å². The Morgan fingerprint density at radius 2 is 1.89 bits per heavy atom. The molecule has 2 aliphatic rings. The van der Waals surface area contributed by atoms with Crippen molar-refractivity contribution in [3.63, 3.8) is 0 Å². The molecule has 1 saturated carbocycles. The van der Waals surface area contributed by atoms with Gasteiger partial charge in [-0.3, -0.25) is 4.79 Å². The van der Waals surface area contributed by atoms with Crippen LogP contribution in [0.3, 0.4) is 0 Å². The van der Waals surface area contributed by atoms with E-state index >= 15 is 0 Å². The van der Waals surface area contributed by atoms with Crippen molar-refractivity contribution in [2.45, 2.75) is 70.8 Å². The summed E-state index contributed by atoms with van der Waals surface area (Å²) in [6.07, 6.45) is 2.56. The largest absolute Gasteiger partial charge is 0.420 e. The number of hydrogen-bond acceptors (Lipinski definition) is 4. The van der Waals surface area contributed by atoms with Crippen molar-refractivity contribution in [2.75, 3.05) is 0 Å². The number of fused-ring (bicyclic) bond motifs is 1.